The van der Waals surface area contributed by atoms with Crippen molar-refractivity contribution in [2.45, 2.75) is 0 Å². The second-order valence-corrected chi connectivity index (χ2v) is 6.41. The molecular formula is C10H12N4O2S2. The van der Waals surface area contributed by atoms with Crippen LogP contribution in [0.4, 0.5) is 5.13 Å². The van der Waals surface area contributed by atoms with Gasteiger partial charge in [-0.1, -0.05) is 0 Å². The minimum Gasteiger partial charge on any atom is -0.265 e. The summed E-state index contributed by atoms with van der Waals surface area (Å²) in [6, 6.07) is 3.64. The van der Waals surface area contributed by atoms with Gasteiger partial charge in [0, 0.05) is 37.4 Å². The fourth-order valence-electron chi connectivity index (χ4n) is 1.18. The second-order valence-electron chi connectivity index (χ2n) is 3.66. The van der Waals surface area contributed by atoms with Crippen LogP contribution in [0.1, 0.15) is 0 Å². The van der Waals surface area contributed by atoms with E-state index in [1.54, 1.807) is 17.8 Å². The Balaban J connectivity index is 2.22. The maximum absolute atomic E-state index is 11.6. The lowest BCUT2D eigenvalue weighted by Crippen LogP contribution is -2.28. The molecular weight excluding hydrogens is 272 g/mol. The molecule has 0 saturated heterocycles. The molecule has 0 amide bonds. The number of pyridine rings is 1. The van der Waals surface area contributed by atoms with E-state index in [2.05, 4.69) is 14.7 Å². The van der Waals surface area contributed by atoms with Gasteiger partial charge < -0.3 is 0 Å². The first kappa shape index (κ1) is 12.9. The Bertz CT molecular complexity index is 622. The molecule has 2 aromatic rings. The number of anilines is 1. The molecule has 0 aromatic carbocycles. The van der Waals surface area contributed by atoms with Gasteiger partial charge in [0.1, 0.15) is 0 Å². The van der Waals surface area contributed by atoms with Crippen LogP contribution in [0.15, 0.2) is 29.9 Å². The predicted molar refractivity (Wildman–Crippen MR) is 71.6 cm³/mol. The fourth-order valence-corrected chi connectivity index (χ4v) is 2.70. The minimum atomic E-state index is -3.50. The zero-order chi connectivity index (χ0) is 13.2. The molecule has 0 radical (unpaired) electrons. The van der Waals surface area contributed by atoms with Gasteiger partial charge >= 0.3 is 10.2 Å². The normalized spacial score (nSPS) is 11.7. The summed E-state index contributed by atoms with van der Waals surface area (Å²) in [5, 5.41) is 2.14. The van der Waals surface area contributed by atoms with E-state index in [-0.39, 0.29) is 0 Å². The van der Waals surface area contributed by atoms with Crippen LogP contribution in [0.2, 0.25) is 0 Å². The Hall–Kier alpha value is -1.51. The first-order chi connectivity index (χ1) is 8.49. The summed E-state index contributed by atoms with van der Waals surface area (Å²) in [4.78, 5) is 8.14. The molecule has 0 unspecified atom stereocenters. The highest BCUT2D eigenvalue weighted by Gasteiger charge is 2.15. The Morgan fingerprint density at radius 1 is 1.28 bits per heavy atom. The lowest BCUT2D eigenvalue weighted by molar-refractivity contribution is 0.527. The van der Waals surface area contributed by atoms with Crippen molar-refractivity contribution in [2.75, 3.05) is 18.8 Å². The minimum absolute atomic E-state index is 0.343. The summed E-state index contributed by atoms with van der Waals surface area (Å²) < 4.78 is 26.7. The monoisotopic (exact) mass is 284 g/mol. The molecule has 0 fully saturated rings. The van der Waals surface area contributed by atoms with Crippen LogP contribution in [0.25, 0.3) is 11.3 Å². The van der Waals surface area contributed by atoms with Crippen LogP contribution in [0.5, 0.6) is 0 Å². The molecule has 2 rings (SSSR count). The van der Waals surface area contributed by atoms with E-state index < -0.39 is 10.2 Å². The van der Waals surface area contributed by atoms with Crippen molar-refractivity contribution in [3.05, 3.63) is 29.9 Å². The molecule has 0 spiro atoms. The van der Waals surface area contributed by atoms with E-state index in [0.29, 0.717) is 5.13 Å². The Labute approximate surface area is 110 Å². The fraction of sp³-hybridized carbons (Fsp3) is 0.200. The molecule has 0 aliphatic heterocycles. The van der Waals surface area contributed by atoms with Crippen LogP contribution < -0.4 is 4.72 Å². The molecule has 18 heavy (non-hydrogen) atoms. The van der Waals surface area contributed by atoms with Gasteiger partial charge in [0.15, 0.2) is 5.13 Å². The summed E-state index contributed by atoms with van der Waals surface area (Å²) in [5.74, 6) is 0. The van der Waals surface area contributed by atoms with Gasteiger partial charge in [-0.25, -0.2) is 9.71 Å². The second kappa shape index (κ2) is 5.01. The predicted octanol–water partition coefficient (Wildman–Crippen LogP) is 1.42. The summed E-state index contributed by atoms with van der Waals surface area (Å²) in [6.45, 7) is 0. The van der Waals surface area contributed by atoms with E-state index >= 15 is 0 Å². The third-order valence-corrected chi connectivity index (χ3v) is 4.48. The smallest absolute Gasteiger partial charge is 0.265 e. The molecule has 0 bridgehead atoms. The lowest BCUT2D eigenvalue weighted by Gasteiger charge is -2.10. The van der Waals surface area contributed by atoms with Crippen molar-refractivity contribution in [1.29, 1.82) is 0 Å². The standard InChI is InChI=1S/C10H12N4O2S2/c1-14(2)18(15,16)13-10-12-9(7-17-10)8-3-5-11-6-4-8/h3-7H,1-2H3,(H,12,13). The average Bonchev–Trinajstić information content (AvgIpc) is 2.78. The SMILES string of the molecule is CN(C)S(=O)(=O)Nc1nc(-c2ccncc2)cs1. The molecule has 96 valence electrons. The van der Waals surface area contributed by atoms with E-state index in [1.165, 1.54) is 25.4 Å². The van der Waals surface area contributed by atoms with E-state index in [0.717, 1.165) is 15.6 Å². The zero-order valence-corrected chi connectivity index (χ0v) is 11.5. The maximum atomic E-state index is 11.6. The molecule has 2 aromatic heterocycles. The van der Waals surface area contributed by atoms with Crippen molar-refractivity contribution in [1.82, 2.24) is 14.3 Å². The highest BCUT2D eigenvalue weighted by Crippen LogP contribution is 2.24. The Kier molecular flexibility index (Phi) is 3.60. The van der Waals surface area contributed by atoms with Gasteiger partial charge in [0.05, 0.1) is 5.69 Å². The maximum Gasteiger partial charge on any atom is 0.302 e. The molecule has 0 saturated carbocycles. The van der Waals surface area contributed by atoms with Crippen molar-refractivity contribution in [3.8, 4) is 11.3 Å². The van der Waals surface area contributed by atoms with Gasteiger partial charge in [0.25, 0.3) is 0 Å². The van der Waals surface area contributed by atoms with E-state index in [4.69, 9.17) is 0 Å². The van der Waals surface area contributed by atoms with Gasteiger partial charge in [-0.3, -0.25) is 4.98 Å². The number of rotatable bonds is 4. The lowest BCUT2D eigenvalue weighted by atomic mass is 10.2. The summed E-state index contributed by atoms with van der Waals surface area (Å²) in [5.41, 5.74) is 1.62. The van der Waals surface area contributed by atoms with Crippen LogP contribution in [-0.4, -0.2) is 36.8 Å². The third-order valence-electron chi connectivity index (χ3n) is 2.18. The number of hydrogen-bond donors (Lipinski definition) is 1. The van der Waals surface area contributed by atoms with Gasteiger partial charge in [-0.15, -0.1) is 11.3 Å². The van der Waals surface area contributed by atoms with Gasteiger partial charge in [0.2, 0.25) is 0 Å². The van der Waals surface area contributed by atoms with Crippen molar-refractivity contribution in [3.63, 3.8) is 0 Å². The van der Waals surface area contributed by atoms with Crippen molar-refractivity contribution < 1.29 is 8.42 Å². The molecule has 6 nitrogen and oxygen atoms in total. The van der Waals surface area contributed by atoms with Gasteiger partial charge in [-0.2, -0.15) is 12.7 Å². The van der Waals surface area contributed by atoms with E-state index in [1.807, 2.05) is 12.1 Å². The zero-order valence-electron chi connectivity index (χ0n) is 9.86. The first-order valence-electron chi connectivity index (χ1n) is 5.05. The Morgan fingerprint density at radius 2 is 1.94 bits per heavy atom. The largest absolute Gasteiger partial charge is 0.302 e. The van der Waals surface area contributed by atoms with Crippen LogP contribution in [0.3, 0.4) is 0 Å². The third kappa shape index (κ3) is 2.84. The number of thiazole rings is 1. The number of hydrogen-bond acceptors (Lipinski definition) is 5. The molecule has 0 aliphatic carbocycles. The number of nitrogens with one attached hydrogen (secondary N) is 1. The number of nitrogens with zero attached hydrogens (tertiary/aromatic N) is 3. The molecule has 0 aliphatic rings. The van der Waals surface area contributed by atoms with Crippen molar-refractivity contribution >= 4 is 26.7 Å². The van der Waals surface area contributed by atoms with Gasteiger partial charge in [-0.05, 0) is 12.1 Å². The van der Waals surface area contributed by atoms with Crippen molar-refractivity contribution in [2.24, 2.45) is 0 Å². The summed E-state index contributed by atoms with van der Waals surface area (Å²) in [6.07, 6.45) is 3.33. The number of aromatic nitrogens is 2. The highest BCUT2D eigenvalue weighted by molar-refractivity contribution is 7.90. The topological polar surface area (TPSA) is 75.2 Å². The van der Waals surface area contributed by atoms with Crippen LogP contribution in [-0.2, 0) is 10.2 Å². The van der Waals surface area contributed by atoms with Crippen LogP contribution in [0, 0.1) is 0 Å². The Morgan fingerprint density at radius 3 is 2.56 bits per heavy atom. The first-order valence-corrected chi connectivity index (χ1v) is 7.37. The molecule has 0 atom stereocenters. The molecule has 2 heterocycles. The summed E-state index contributed by atoms with van der Waals surface area (Å²) >= 11 is 1.24. The summed E-state index contributed by atoms with van der Waals surface area (Å²) in [7, 11) is -0.585. The van der Waals surface area contributed by atoms with E-state index in [9.17, 15) is 8.42 Å². The molecule has 1 N–H and O–H groups in total. The van der Waals surface area contributed by atoms with Crippen LogP contribution >= 0.6 is 11.3 Å². The highest BCUT2D eigenvalue weighted by atomic mass is 32.2. The molecule has 8 heteroatoms. The quantitative estimate of drug-likeness (QED) is 0.921. The average molecular weight is 284 g/mol.